The Morgan fingerprint density at radius 2 is 1.06 bits per heavy atom. The van der Waals surface area contributed by atoms with Crippen molar-refractivity contribution in [2.75, 3.05) is 145 Å². The minimum Gasteiger partial charge on any atom is -0.377 e. The first kappa shape index (κ1) is 29.8. The Morgan fingerprint density at radius 3 is 1.62 bits per heavy atom. The summed E-state index contributed by atoms with van der Waals surface area (Å²) in [5.74, 6) is 0. The largest absolute Gasteiger partial charge is 0.377 e. The first-order chi connectivity index (χ1) is 16.9. The molecule has 0 bridgehead atoms. The van der Waals surface area contributed by atoms with Gasteiger partial charge < -0.3 is 49.1 Å². The molecule has 2 fully saturated rings. The number of rotatable bonds is 5. The zero-order chi connectivity index (χ0) is 23.8. The van der Waals surface area contributed by atoms with Gasteiger partial charge in [-0.3, -0.25) is 4.90 Å². The van der Waals surface area contributed by atoms with Gasteiger partial charge in [0.2, 0.25) is 0 Å². The van der Waals surface area contributed by atoms with Gasteiger partial charge in [0.1, 0.15) is 6.10 Å². The van der Waals surface area contributed by atoms with Crippen molar-refractivity contribution in [1.29, 1.82) is 0 Å². The van der Waals surface area contributed by atoms with Gasteiger partial charge in [-0.15, -0.1) is 0 Å². The van der Waals surface area contributed by atoms with Crippen LogP contribution in [0, 0.1) is 0 Å². The summed E-state index contributed by atoms with van der Waals surface area (Å²) in [4.78, 5) is 2.44. The van der Waals surface area contributed by atoms with Crippen LogP contribution in [0.1, 0.15) is 0 Å². The monoisotopic (exact) mass is 492 g/mol. The van der Waals surface area contributed by atoms with Crippen molar-refractivity contribution in [1.82, 2.24) is 20.9 Å². The maximum absolute atomic E-state index is 5.98. The van der Waals surface area contributed by atoms with Crippen LogP contribution in [0.25, 0.3) is 0 Å². The van der Waals surface area contributed by atoms with E-state index in [1.54, 1.807) is 0 Å². The third-order valence-corrected chi connectivity index (χ3v) is 5.40. The molecule has 3 N–H and O–H groups in total. The lowest BCUT2D eigenvalue weighted by Crippen LogP contribution is -2.42. The first-order valence-electron chi connectivity index (χ1n) is 12.9. The molecule has 1 atom stereocenters. The van der Waals surface area contributed by atoms with E-state index >= 15 is 0 Å². The van der Waals surface area contributed by atoms with E-state index in [-0.39, 0.29) is 6.10 Å². The predicted molar refractivity (Wildman–Crippen MR) is 130 cm³/mol. The lowest BCUT2D eigenvalue weighted by Gasteiger charge is -2.24. The van der Waals surface area contributed by atoms with Gasteiger partial charge in [-0.05, 0) is 0 Å². The third kappa shape index (κ3) is 17.9. The highest BCUT2D eigenvalue weighted by Gasteiger charge is 2.12. The molecule has 202 valence electrons. The number of nitrogens with one attached hydrogen (secondary N) is 3. The Kier molecular flexibility index (Phi) is 20.1. The average Bonchev–Trinajstić information content (AvgIpc) is 2.84. The van der Waals surface area contributed by atoms with Gasteiger partial charge in [-0.25, -0.2) is 0 Å². The molecule has 0 aromatic carbocycles. The Morgan fingerprint density at radius 1 is 0.588 bits per heavy atom. The molecule has 2 saturated heterocycles. The minimum absolute atomic E-state index is 0.135. The summed E-state index contributed by atoms with van der Waals surface area (Å²) in [6, 6.07) is 0. The molecule has 1 unspecified atom stereocenters. The third-order valence-electron chi connectivity index (χ3n) is 5.40. The molecule has 0 amide bonds. The summed E-state index contributed by atoms with van der Waals surface area (Å²) in [5, 5.41) is 10.4. The van der Waals surface area contributed by atoms with Crippen molar-refractivity contribution in [3.05, 3.63) is 0 Å². The average molecular weight is 493 g/mol. The van der Waals surface area contributed by atoms with Crippen LogP contribution in [0.2, 0.25) is 0 Å². The molecular formula is C23H48N4O7. The maximum atomic E-state index is 5.98. The molecule has 0 aliphatic carbocycles. The van der Waals surface area contributed by atoms with Gasteiger partial charge in [-0.1, -0.05) is 0 Å². The smallest absolute Gasteiger partial charge is 0.104 e. The van der Waals surface area contributed by atoms with Crippen molar-refractivity contribution in [3.63, 3.8) is 0 Å². The molecular weight excluding hydrogens is 444 g/mol. The van der Waals surface area contributed by atoms with Crippen LogP contribution in [-0.2, 0) is 33.2 Å². The van der Waals surface area contributed by atoms with E-state index in [4.69, 9.17) is 33.2 Å². The molecule has 2 rings (SSSR count). The van der Waals surface area contributed by atoms with Crippen LogP contribution in [0.15, 0.2) is 0 Å². The van der Waals surface area contributed by atoms with Crippen molar-refractivity contribution in [2.24, 2.45) is 0 Å². The van der Waals surface area contributed by atoms with E-state index in [9.17, 15) is 0 Å². The van der Waals surface area contributed by atoms with Gasteiger partial charge in [0.05, 0.1) is 85.9 Å². The Balaban J connectivity index is 1.63. The van der Waals surface area contributed by atoms with Crippen molar-refractivity contribution >= 4 is 0 Å². The SMILES string of the molecule is C1CNCCN(CCOCC2COCCOCCOCCOCCOCCO2)CCNCCN1. The van der Waals surface area contributed by atoms with Gasteiger partial charge >= 0.3 is 0 Å². The molecule has 11 nitrogen and oxygen atoms in total. The first-order valence-corrected chi connectivity index (χ1v) is 12.9. The summed E-state index contributed by atoms with van der Waals surface area (Å²) >= 11 is 0. The van der Waals surface area contributed by atoms with E-state index in [0.29, 0.717) is 85.9 Å². The number of ether oxygens (including phenoxy) is 7. The maximum Gasteiger partial charge on any atom is 0.104 e. The predicted octanol–water partition coefficient (Wildman–Crippen LogP) is -1.43. The summed E-state index contributed by atoms with van der Waals surface area (Å²) in [5.41, 5.74) is 0. The molecule has 2 aliphatic rings. The molecule has 0 saturated carbocycles. The fourth-order valence-electron chi connectivity index (χ4n) is 3.46. The summed E-state index contributed by atoms with van der Waals surface area (Å²) in [6.07, 6.45) is -0.135. The van der Waals surface area contributed by atoms with E-state index in [1.165, 1.54) is 0 Å². The zero-order valence-corrected chi connectivity index (χ0v) is 20.9. The summed E-state index contributed by atoms with van der Waals surface area (Å²) in [6.45, 7) is 15.9. The van der Waals surface area contributed by atoms with Crippen molar-refractivity contribution < 1.29 is 33.2 Å². The van der Waals surface area contributed by atoms with E-state index < -0.39 is 0 Å². The lowest BCUT2D eigenvalue weighted by atomic mass is 10.4. The highest BCUT2D eigenvalue weighted by atomic mass is 16.6. The van der Waals surface area contributed by atoms with Crippen LogP contribution < -0.4 is 16.0 Å². The summed E-state index contributed by atoms with van der Waals surface area (Å²) in [7, 11) is 0. The standard InChI is InChI=1S/C23H48N4O7/c1-3-25-5-7-27(8-6-26-4-2-24-1)9-10-32-21-23-22-33-18-17-30-14-13-28-11-12-29-15-16-31-19-20-34-23/h23-26H,1-22H2. The number of hydrogen-bond acceptors (Lipinski definition) is 11. The molecule has 11 heteroatoms. The van der Waals surface area contributed by atoms with Crippen molar-refractivity contribution in [3.8, 4) is 0 Å². The Bertz CT molecular complexity index is 410. The molecule has 2 heterocycles. The second-order valence-corrected chi connectivity index (χ2v) is 8.18. The fourth-order valence-corrected chi connectivity index (χ4v) is 3.46. The van der Waals surface area contributed by atoms with Crippen molar-refractivity contribution in [2.45, 2.75) is 6.10 Å². The molecule has 0 aromatic heterocycles. The fraction of sp³-hybridized carbons (Fsp3) is 1.00. The van der Waals surface area contributed by atoms with Crippen LogP contribution >= 0.6 is 0 Å². The molecule has 2 aliphatic heterocycles. The zero-order valence-electron chi connectivity index (χ0n) is 20.9. The van der Waals surface area contributed by atoms with Crippen LogP contribution in [0.5, 0.6) is 0 Å². The van der Waals surface area contributed by atoms with Gasteiger partial charge in [0.15, 0.2) is 0 Å². The number of nitrogens with zero attached hydrogens (tertiary/aromatic N) is 1. The molecule has 34 heavy (non-hydrogen) atoms. The second kappa shape index (κ2) is 23.0. The van der Waals surface area contributed by atoms with Crippen LogP contribution in [-0.4, -0.2) is 156 Å². The molecule has 0 aromatic rings. The highest BCUT2D eigenvalue weighted by molar-refractivity contribution is 4.65. The highest BCUT2D eigenvalue weighted by Crippen LogP contribution is 1.98. The number of hydrogen-bond donors (Lipinski definition) is 3. The molecule has 0 radical (unpaired) electrons. The second-order valence-electron chi connectivity index (χ2n) is 8.18. The molecule has 0 spiro atoms. The van der Waals surface area contributed by atoms with Gasteiger partial charge in [0, 0.05) is 58.9 Å². The Hall–Kier alpha value is -0.440. The van der Waals surface area contributed by atoms with E-state index in [2.05, 4.69) is 20.9 Å². The quantitative estimate of drug-likeness (QED) is 0.394. The van der Waals surface area contributed by atoms with Crippen LogP contribution in [0.4, 0.5) is 0 Å². The van der Waals surface area contributed by atoms with Gasteiger partial charge in [0.25, 0.3) is 0 Å². The Labute approximate surface area is 205 Å². The topological polar surface area (TPSA) is 104 Å². The minimum atomic E-state index is -0.135. The normalized spacial score (nSPS) is 25.9. The van der Waals surface area contributed by atoms with Gasteiger partial charge in [-0.2, -0.15) is 0 Å². The summed E-state index contributed by atoms with van der Waals surface area (Å²) < 4.78 is 39.7. The lowest BCUT2D eigenvalue weighted by molar-refractivity contribution is -0.0854. The van der Waals surface area contributed by atoms with E-state index in [1.807, 2.05) is 0 Å². The van der Waals surface area contributed by atoms with Crippen LogP contribution in [0.3, 0.4) is 0 Å². The van der Waals surface area contributed by atoms with E-state index in [0.717, 1.165) is 58.9 Å².